The van der Waals surface area contributed by atoms with Crippen LogP contribution >= 0.6 is 0 Å². The Morgan fingerprint density at radius 1 is 1.00 bits per heavy atom. The zero-order valence-corrected chi connectivity index (χ0v) is 14.2. The molecule has 0 atom stereocenters. The molecule has 0 saturated carbocycles. The van der Waals surface area contributed by atoms with Crippen LogP contribution in [0.3, 0.4) is 0 Å². The predicted octanol–water partition coefficient (Wildman–Crippen LogP) is 1.71. The third-order valence-corrected chi connectivity index (χ3v) is 3.42. The van der Waals surface area contributed by atoms with Crippen LogP contribution < -0.4 is 15.5 Å². The Morgan fingerprint density at radius 3 is 2.20 bits per heavy atom. The van der Waals surface area contributed by atoms with Crippen molar-refractivity contribution in [3.8, 4) is 0 Å². The molecule has 2 aromatic rings. The van der Waals surface area contributed by atoms with Crippen molar-refractivity contribution in [2.45, 2.75) is 20.4 Å². The molecule has 130 valence electrons. The normalized spacial score (nSPS) is 10.0. The van der Waals surface area contributed by atoms with E-state index in [0.717, 1.165) is 5.56 Å². The molecule has 0 aliphatic heterocycles. The van der Waals surface area contributed by atoms with Crippen molar-refractivity contribution >= 4 is 29.1 Å². The van der Waals surface area contributed by atoms with E-state index in [9.17, 15) is 14.4 Å². The van der Waals surface area contributed by atoms with E-state index in [-0.39, 0.29) is 24.3 Å². The Bertz CT molecular complexity index is 745. The second-order valence-corrected chi connectivity index (χ2v) is 5.47. The summed E-state index contributed by atoms with van der Waals surface area (Å²) in [5, 5.41) is 5.43. The molecule has 7 nitrogen and oxygen atoms in total. The summed E-state index contributed by atoms with van der Waals surface area (Å²) in [6, 6.07) is 10.3. The van der Waals surface area contributed by atoms with Gasteiger partial charge in [-0.3, -0.25) is 19.4 Å². The van der Waals surface area contributed by atoms with Crippen molar-refractivity contribution in [2.24, 2.45) is 0 Å². The largest absolute Gasteiger partial charge is 0.350 e. The molecule has 0 aliphatic carbocycles. The van der Waals surface area contributed by atoms with Crippen LogP contribution in [0.5, 0.6) is 0 Å². The number of anilines is 2. The first kappa shape index (κ1) is 18.1. The van der Waals surface area contributed by atoms with Gasteiger partial charge >= 0.3 is 0 Å². The monoisotopic (exact) mass is 340 g/mol. The first-order chi connectivity index (χ1) is 12.0. The number of carbonyl (C=O) groups is 3. The molecule has 0 fully saturated rings. The van der Waals surface area contributed by atoms with Gasteiger partial charge in [0.1, 0.15) is 6.54 Å². The first-order valence-electron chi connectivity index (χ1n) is 7.77. The van der Waals surface area contributed by atoms with Gasteiger partial charge in [0.2, 0.25) is 17.7 Å². The smallest absolute Gasteiger partial charge is 0.240 e. The van der Waals surface area contributed by atoms with Gasteiger partial charge in [-0.2, -0.15) is 0 Å². The Morgan fingerprint density at radius 2 is 1.64 bits per heavy atom. The molecule has 0 unspecified atom stereocenters. The summed E-state index contributed by atoms with van der Waals surface area (Å²) in [5.74, 6) is -0.684. The second kappa shape index (κ2) is 8.58. The van der Waals surface area contributed by atoms with Crippen molar-refractivity contribution in [2.75, 3.05) is 16.8 Å². The maximum atomic E-state index is 12.1. The number of rotatable bonds is 6. The molecule has 3 amide bonds. The molecule has 0 saturated heterocycles. The van der Waals surface area contributed by atoms with Crippen molar-refractivity contribution in [1.82, 2.24) is 10.3 Å². The Balaban J connectivity index is 1.99. The van der Waals surface area contributed by atoms with Gasteiger partial charge in [0.25, 0.3) is 0 Å². The fraction of sp³-hybridized carbons (Fsp3) is 0.222. The quantitative estimate of drug-likeness (QED) is 0.837. The van der Waals surface area contributed by atoms with E-state index in [1.54, 1.807) is 36.7 Å². The summed E-state index contributed by atoms with van der Waals surface area (Å²) in [7, 11) is 0. The van der Waals surface area contributed by atoms with Crippen LogP contribution in [0.1, 0.15) is 19.4 Å². The van der Waals surface area contributed by atoms with E-state index in [2.05, 4.69) is 15.6 Å². The fourth-order valence-electron chi connectivity index (χ4n) is 2.21. The molecule has 1 heterocycles. The molecule has 1 aromatic carbocycles. The molecule has 0 bridgehead atoms. The van der Waals surface area contributed by atoms with Crippen molar-refractivity contribution in [3.05, 3.63) is 54.4 Å². The molecular formula is C18H20N4O3. The predicted molar refractivity (Wildman–Crippen MR) is 94.9 cm³/mol. The number of nitrogens with zero attached hydrogens (tertiary/aromatic N) is 2. The maximum Gasteiger partial charge on any atom is 0.240 e. The lowest BCUT2D eigenvalue weighted by molar-refractivity contribution is -0.123. The number of nitrogens with one attached hydrogen (secondary N) is 2. The van der Waals surface area contributed by atoms with E-state index in [1.165, 1.54) is 18.7 Å². The molecular weight excluding hydrogens is 320 g/mol. The Labute approximate surface area is 146 Å². The molecule has 7 heteroatoms. The maximum absolute atomic E-state index is 12.1. The summed E-state index contributed by atoms with van der Waals surface area (Å²) in [6.07, 6.45) is 3.31. The minimum atomic E-state index is -0.266. The Hall–Kier alpha value is -3.22. The van der Waals surface area contributed by atoms with Gasteiger partial charge in [-0.25, -0.2) is 0 Å². The van der Waals surface area contributed by atoms with Crippen LogP contribution in [0.25, 0.3) is 0 Å². The molecule has 2 rings (SSSR count). The van der Waals surface area contributed by atoms with Gasteiger partial charge in [-0.05, 0) is 42.0 Å². The standard InChI is InChI=1S/C18H20N4O3/c1-13(23)21-16-3-5-17(6-4-16)22(14(2)24)12-18(25)20-11-15-7-9-19-10-8-15/h3-10H,11-12H2,1-2H3,(H,20,25)(H,21,23). The molecule has 0 aliphatic rings. The summed E-state index contributed by atoms with van der Waals surface area (Å²) < 4.78 is 0. The van der Waals surface area contributed by atoms with Crippen LogP contribution in [0.15, 0.2) is 48.8 Å². The van der Waals surface area contributed by atoms with Crippen LogP contribution in [-0.4, -0.2) is 29.3 Å². The van der Waals surface area contributed by atoms with Gasteiger partial charge < -0.3 is 15.5 Å². The molecule has 1 aromatic heterocycles. The molecule has 2 N–H and O–H groups in total. The molecule has 25 heavy (non-hydrogen) atoms. The van der Waals surface area contributed by atoms with Gasteiger partial charge in [0.15, 0.2) is 0 Å². The van der Waals surface area contributed by atoms with Gasteiger partial charge in [-0.1, -0.05) is 0 Å². The highest BCUT2D eigenvalue weighted by Gasteiger charge is 2.15. The first-order valence-corrected chi connectivity index (χ1v) is 7.77. The number of hydrogen-bond acceptors (Lipinski definition) is 4. The summed E-state index contributed by atoms with van der Waals surface area (Å²) in [6.45, 7) is 3.11. The number of pyridine rings is 1. The van der Waals surface area contributed by atoms with E-state index in [0.29, 0.717) is 17.9 Å². The average Bonchev–Trinajstić information content (AvgIpc) is 2.59. The average molecular weight is 340 g/mol. The van der Waals surface area contributed by atoms with Crippen molar-refractivity contribution in [3.63, 3.8) is 0 Å². The number of hydrogen-bond donors (Lipinski definition) is 2. The summed E-state index contributed by atoms with van der Waals surface area (Å²) in [5.41, 5.74) is 2.14. The van der Waals surface area contributed by atoms with Gasteiger partial charge in [-0.15, -0.1) is 0 Å². The summed E-state index contributed by atoms with van der Waals surface area (Å²) >= 11 is 0. The Kier molecular flexibility index (Phi) is 6.22. The van der Waals surface area contributed by atoms with E-state index < -0.39 is 0 Å². The highest BCUT2D eigenvalue weighted by atomic mass is 16.2. The SMILES string of the molecule is CC(=O)Nc1ccc(N(CC(=O)NCc2ccncc2)C(C)=O)cc1. The van der Waals surface area contributed by atoms with Gasteiger partial charge in [0, 0.05) is 44.2 Å². The zero-order valence-electron chi connectivity index (χ0n) is 14.2. The highest BCUT2D eigenvalue weighted by molar-refractivity contribution is 5.97. The van der Waals surface area contributed by atoms with E-state index in [1.807, 2.05) is 12.1 Å². The fourth-order valence-corrected chi connectivity index (χ4v) is 2.21. The van der Waals surface area contributed by atoms with Crippen molar-refractivity contribution in [1.29, 1.82) is 0 Å². The lowest BCUT2D eigenvalue weighted by Gasteiger charge is -2.21. The lowest BCUT2D eigenvalue weighted by Crippen LogP contribution is -2.39. The number of benzene rings is 1. The van der Waals surface area contributed by atoms with Crippen LogP contribution in [0.4, 0.5) is 11.4 Å². The topological polar surface area (TPSA) is 91.4 Å². The third-order valence-electron chi connectivity index (χ3n) is 3.42. The van der Waals surface area contributed by atoms with E-state index >= 15 is 0 Å². The van der Waals surface area contributed by atoms with E-state index in [4.69, 9.17) is 0 Å². The molecule has 0 spiro atoms. The van der Waals surface area contributed by atoms with Crippen molar-refractivity contribution < 1.29 is 14.4 Å². The second-order valence-electron chi connectivity index (χ2n) is 5.47. The molecule has 0 radical (unpaired) electrons. The lowest BCUT2D eigenvalue weighted by atomic mass is 10.2. The highest BCUT2D eigenvalue weighted by Crippen LogP contribution is 2.18. The minimum absolute atomic E-state index is 0.0834. The van der Waals surface area contributed by atoms with Crippen LogP contribution in [0, 0.1) is 0 Å². The van der Waals surface area contributed by atoms with Gasteiger partial charge in [0.05, 0.1) is 0 Å². The van der Waals surface area contributed by atoms with Crippen LogP contribution in [-0.2, 0) is 20.9 Å². The minimum Gasteiger partial charge on any atom is -0.350 e. The number of carbonyl (C=O) groups excluding carboxylic acids is 3. The van der Waals surface area contributed by atoms with Crippen LogP contribution in [0.2, 0.25) is 0 Å². The summed E-state index contributed by atoms with van der Waals surface area (Å²) in [4.78, 5) is 40.4. The number of aromatic nitrogens is 1. The third kappa shape index (κ3) is 5.72. The number of amides is 3. The zero-order chi connectivity index (χ0) is 18.2.